The van der Waals surface area contributed by atoms with Crippen molar-refractivity contribution in [1.29, 1.82) is 0 Å². The molecule has 2 rings (SSSR count). The lowest BCUT2D eigenvalue weighted by molar-refractivity contribution is -0.138. The Bertz CT molecular complexity index is 553. The first-order chi connectivity index (χ1) is 9.88. The SMILES string of the molecule is CC1CNc2cc(C(=O)C(CC(=O)O)C(C)C)ccc2O1. The van der Waals surface area contributed by atoms with Crippen molar-refractivity contribution in [3.63, 3.8) is 0 Å². The molecule has 0 amide bonds. The molecular weight excluding hydrogens is 270 g/mol. The summed E-state index contributed by atoms with van der Waals surface area (Å²) in [6.45, 7) is 6.39. The number of aliphatic carboxylic acids is 1. The zero-order valence-electron chi connectivity index (χ0n) is 12.6. The van der Waals surface area contributed by atoms with Crippen LogP contribution >= 0.6 is 0 Å². The number of carboxylic acid groups (broad SMARTS) is 1. The highest BCUT2D eigenvalue weighted by atomic mass is 16.5. The Hall–Kier alpha value is -2.04. The van der Waals surface area contributed by atoms with Crippen LogP contribution in [0, 0.1) is 11.8 Å². The third-order valence-corrected chi connectivity index (χ3v) is 3.71. The molecule has 2 atom stereocenters. The lowest BCUT2D eigenvalue weighted by Crippen LogP contribution is -2.28. The van der Waals surface area contributed by atoms with Crippen LogP contribution in [-0.4, -0.2) is 29.5 Å². The summed E-state index contributed by atoms with van der Waals surface area (Å²) in [6, 6.07) is 5.22. The summed E-state index contributed by atoms with van der Waals surface area (Å²) < 4.78 is 5.67. The number of hydrogen-bond acceptors (Lipinski definition) is 4. The fourth-order valence-electron chi connectivity index (χ4n) is 2.47. The van der Waals surface area contributed by atoms with Crippen LogP contribution in [-0.2, 0) is 4.79 Å². The summed E-state index contributed by atoms with van der Waals surface area (Å²) in [4.78, 5) is 23.5. The van der Waals surface area contributed by atoms with Gasteiger partial charge in [0.15, 0.2) is 5.78 Å². The van der Waals surface area contributed by atoms with Crippen molar-refractivity contribution < 1.29 is 19.4 Å². The second kappa shape index (κ2) is 6.16. The maximum Gasteiger partial charge on any atom is 0.304 e. The number of benzene rings is 1. The number of rotatable bonds is 5. The van der Waals surface area contributed by atoms with Gasteiger partial charge in [-0.05, 0) is 31.0 Å². The summed E-state index contributed by atoms with van der Waals surface area (Å²) in [5, 5.41) is 12.2. The van der Waals surface area contributed by atoms with Gasteiger partial charge in [-0.2, -0.15) is 0 Å². The summed E-state index contributed by atoms with van der Waals surface area (Å²) in [7, 11) is 0. The number of hydrogen-bond donors (Lipinski definition) is 2. The van der Waals surface area contributed by atoms with Gasteiger partial charge >= 0.3 is 5.97 Å². The van der Waals surface area contributed by atoms with Gasteiger partial charge < -0.3 is 15.2 Å². The molecule has 0 aliphatic carbocycles. The third kappa shape index (κ3) is 3.54. The van der Waals surface area contributed by atoms with E-state index in [0.717, 1.165) is 11.4 Å². The van der Waals surface area contributed by atoms with Crippen LogP contribution in [0.3, 0.4) is 0 Å². The van der Waals surface area contributed by atoms with Gasteiger partial charge in [-0.3, -0.25) is 9.59 Å². The molecule has 1 aliphatic heterocycles. The van der Waals surface area contributed by atoms with Crippen LogP contribution in [0.15, 0.2) is 18.2 Å². The minimum absolute atomic E-state index is 0.0196. The highest BCUT2D eigenvalue weighted by Crippen LogP contribution is 2.31. The Kier molecular flexibility index (Phi) is 4.50. The monoisotopic (exact) mass is 291 g/mol. The Morgan fingerprint density at radius 3 is 2.76 bits per heavy atom. The summed E-state index contributed by atoms with van der Waals surface area (Å²) in [5.74, 6) is -0.881. The highest BCUT2D eigenvalue weighted by Gasteiger charge is 2.27. The summed E-state index contributed by atoms with van der Waals surface area (Å²) >= 11 is 0. The van der Waals surface area contributed by atoms with E-state index in [1.54, 1.807) is 18.2 Å². The van der Waals surface area contributed by atoms with E-state index in [2.05, 4.69) is 5.32 Å². The van der Waals surface area contributed by atoms with Crippen LogP contribution < -0.4 is 10.1 Å². The van der Waals surface area contributed by atoms with Gasteiger partial charge in [0.25, 0.3) is 0 Å². The average Bonchev–Trinajstić information content (AvgIpc) is 2.43. The Morgan fingerprint density at radius 2 is 2.14 bits per heavy atom. The molecule has 114 valence electrons. The zero-order valence-corrected chi connectivity index (χ0v) is 12.6. The lowest BCUT2D eigenvalue weighted by atomic mass is 9.85. The number of carbonyl (C=O) groups is 2. The second-order valence-corrected chi connectivity index (χ2v) is 5.83. The van der Waals surface area contributed by atoms with E-state index in [0.29, 0.717) is 12.1 Å². The van der Waals surface area contributed by atoms with Gasteiger partial charge in [-0.15, -0.1) is 0 Å². The Balaban J connectivity index is 2.24. The minimum atomic E-state index is -0.949. The lowest BCUT2D eigenvalue weighted by Gasteiger charge is -2.25. The van der Waals surface area contributed by atoms with Gasteiger partial charge in [0.05, 0.1) is 18.7 Å². The number of nitrogens with one attached hydrogen (secondary N) is 1. The predicted molar refractivity (Wildman–Crippen MR) is 79.9 cm³/mol. The van der Waals surface area contributed by atoms with Crippen molar-refractivity contribution in [3.8, 4) is 5.75 Å². The molecular formula is C16H21NO4. The van der Waals surface area contributed by atoms with Crippen molar-refractivity contribution in [2.24, 2.45) is 11.8 Å². The third-order valence-electron chi connectivity index (χ3n) is 3.71. The molecule has 2 unspecified atom stereocenters. The van der Waals surface area contributed by atoms with Crippen LogP contribution in [0.1, 0.15) is 37.6 Å². The van der Waals surface area contributed by atoms with E-state index < -0.39 is 11.9 Å². The van der Waals surface area contributed by atoms with Crippen LogP contribution in [0.4, 0.5) is 5.69 Å². The smallest absolute Gasteiger partial charge is 0.304 e. The van der Waals surface area contributed by atoms with Gasteiger partial charge in [-0.1, -0.05) is 13.8 Å². The van der Waals surface area contributed by atoms with E-state index >= 15 is 0 Å². The Morgan fingerprint density at radius 1 is 1.43 bits per heavy atom. The van der Waals surface area contributed by atoms with Gasteiger partial charge in [0.1, 0.15) is 11.9 Å². The standard InChI is InChI=1S/C16H21NO4/c1-9(2)12(7-15(18)19)16(20)11-4-5-14-13(6-11)17-8-10(3)21-14/h4-6,9-10,12,17H,7-8H2,1-3H3,(H,18,19). The first-order valence-electron chi connectivity index (χ1n) is 7.19. The number of carbonyl (C=O) groups excluding carboxylic acids is 1. The quantitative estimate of drug-likeness (QED) is 0.816. The number of carboxylic acids is 1. The maximum absolute atomic E-state index is 12.5. The number of ketones is 1. The molecule has 0 aromatic heterocycles. The fraction of sp³-hybridized carbons (Fsp3) is 0.500. The van der Waals surface area contributed by atoms with Crippen LogP contribution in [0.25, 0.3) is 0 Å². The molecule has 0 saturated heterocycles. The van der Waals surface area contributed by atoms with Crippen molar-refractivity contribution in [2.75, 3.05) is 11.9 Å². The Labute approximate surface area is 124 Å². The topological polar surface area (TPSA) is 75.6 Å². The minimum Gasteiger partial charge on any atom is -0.487 e. The fourth-order valence-corrected chi connectivity index (χ4v) is 2.47. The number of Topliss-reactive ketones (excluding diaryl/α,β-unsaturated/α-hetero) is 1. The highest BCUT2D eigenvalue weighted by molar-refractivity contribution is 6.00. The van der Waals surface area contributed by atoms with Crippen molar-refractivity contribution >= 4 is 17.4 Å². The average molecular weight is 291 g/mol. The largest absolute Gasteiger partial charge is 0.487 e. The van der Waals surface area contributed by atoms with E-state index in [-0.39, 0.29) is 24.2 Å². The van der Waals surface area contributed by atoms with Gasteiger partial charge in [0, 0.05) is 11.5 Å². The molecule has 0 fully saturated rings. The molecule has 0 bridgehead atoms. The second-order valence-electron chi connectivity index (χ2n) is 5.83. The molecule has 5 heteroatoms. The van der Waals surface area contributed by atoms with Crippen molar-refractivity contribution in [2.45, 2.75) is 33.3 Å². The van der Waals surface area contributed by atoms with Gasteiger partial charge in [-0.25, -0.2) is 0 Å². The molecule has 0 spiro atoms. The van der Waals surface area contributed by atoms with Crippen LogP contribution in [0.2, 0.25) is 0 Å². The van der Waals surface area contributed by atoms with E-state index in [1.807, 2.05) is 20.8 Å². The number of anilines is 1. The number of fused-ring (bicyclic) bond motifs is 1. The normalized spacial score (nSPS) is 18.4. The molecule has 1 aliphatic rings. The molecule has 5 nitrogen and oxygen atoms in total. The molecule has 0 saturated carbocycles. The first-order valence-corrected chi connectivity index (χ1v) is 7.19. The van der Waals surface area contributed by atoms with Crippen molar-refractivity contribution in [3.05, 3.63) is 23.8 Å². The predicted octanol–water partition coefficient (Wildman–Crippen LogP) is 2.81. The van der Waals surface area contributed by atoms with E-state index in [1.165, 1.54) is 0 Å². The first kappa shape index (κ1) is 15.4. The van der Waals surface area contributed by atoms with Gasteiger partial charge in [0.2, 0.25) is 0 Å². The van der Waals surface area contributed by atoms with Crippen LogP contribution in [0.5, 0.6) is 5.75 Å². The maximum atomic E-state index is 12.5. The molecule has 1 aromatic carbocycles. The molecule has 1 heterocycles. The molecule has 1 aromatic rings. The van der Waals surface area contributed by atoms with Crippen molar-refractivity contribution in [1.82, 2.24) is 0 Å². The van der Waals surface area contributed by atoms with E-state index in [9.17, 15) is 9.59 Å². The molecule has 2 N–H and O–H groups in total. The zero-order chi connectivity index (χ0) is 15.6. The van der Waals surface area contributed by atoms with E-state index in [4.69, 9.17) is 9.84 Å². The molecule has 21 heavy (non-hydrogen) atoms. The summed E-state index contributed by atoms with van der Waals surface area (Å²) in [5.41, 5.74) is 1.32. The summed E-state index contributed by atoms with van der Waals surface area (Å²) in [6.07, 6.45) is -0.0522. The number of ether oxygens (including phenoxy) is 1. The molecule has 0 radical (unpaired) electrons.